The molecular weight excluding hydrogens is 290 g/mol. The average Bonchev–Trinajstić information content (AvgIpc) is 2.93. The van der Waals surface area contributed by atoms with Gasteiger partial charge in [-0.05, 0) is 41.8 Å². The van der Waals surface area contributed by atoms with Gasteiger partial charge in [0.1, 0.15) is 11.6 Å². The summed E-state index contributed by atoms with van der Waals surface area (Å²) in [4.78, 5) is 4.35. The smallest absolute Gasteiger partial charge is 0.131 e. The van der Waals surface area contributed by atoms with E-state index >= 15 is 0 Å². The summed E-state index contributed by atoms with van der Waals surface area (Å²) in [6, 6.07) is 7.25. The molecule has 0 aliphatic heterocycles. The van der Waals surface area contributed by atoms with Gasteiger partial charge in [-0.3, -0.25) is 4.98 Å². The Morgan fingerprint density at radius 1 is 1.24 bits per heavy atom. The lowest BCUT2D eigenvalue weighted by Gasteiger charge is -2.20. The van der Waals surface area contributed by atoms with Gasteiger partial charge in [-0.1, -0.05) is 13.0 Å². The van der Waals surface area contributed by atoms with Crippen LogP contribution in [-0.4, -0.2) is 11.5 Å². The van der Waals surface area contributed by atoms with E-state index in [9.17, 15) is 8.78 Å². The third-order valence-electron chi connectivity index (χ3n) is 3.35. The zero-order valence-electron chi connectivity index (χ0n) is 11.4. The molecule has 0 aliphatic carbocycles. The van der Waals surface area contributed by atoms with Crippen LogP contribution in [-0.2, 0) is 0 Å². The third kappa shape index (κ3) is 2.66. The van der Waals surface area contributed by atoms with E-state index in [1.165, 1.54) is 18.2 Å². The van der Waals surface area contributed by atoms with Crippen LogP contribution in [0.15, 0.2) is 41.9 Å². The Morgan fingerprint density at radius 3 is 2.71 bits per heavy atom. The normalized spacial score (nSPS) is 12.7. The van der Waals surface area contributed by atoms with Crippen LogP contribution in [0.25, 0.3) is 10.2 Å². The number of halogens is 2. The minimum Gasteiger partial charge on any atom is -0.306 e. The summed E-state index contributed by atoms with van der Waals surface area (Å²) >= 11 is 1.56. The molecule has 0 aliphatic rings. The Labute approximate surface area is 125 Å². The molecule has 21 heavy (non-hydrogen) atoms. The number of thiophene rings is 1. The lowest BCUT2D eigenvalue weighted by Crippen LogP contribution is -2.24. The number of pyridine rings is 1. The number of hydrogen-bond donors (Lipinski definition) is 1. The molecule has 2 nitrogen and oxygen atoms in total. The molecule has 0 saturated carbocycles. The molecule has 1 N–H and O–H groups in total. The zero-order valence-corrected chi connectivity index (χ0v) is 12.3. The van der Waals surface area contributed by atoms with Gasteiger partial charge in [0.25, 0.3) is 0 Å². The van der Waals surface area contributed by atoms with E-state index in [0.717, 1.165) is 15.8 Å². The summed E-state index contributed by atoms with van der Waals surface area (Å²) < 4.78 is 29.1. The summed E-state index contributed by atoms with van der Waals surface area (Å²) in [5, 5.41) is 5.09. The molecule has 1 aromatic carbocycles. The van der Waals surface area contributed by atoms with Gasteiger partial charge in [-0.25, -0.2) is 8.78 Å². The molecule has 3 rings (SSSR count). The molecule has 2 aromatic heterocycles. The Kier molecular flexibility index (Phi) is 3.94. The van der Waals surface area contributed by atoms with Crippen LogP contribution in [0.4, 0.5) is 8.78 Å². The summed E-state index contributed by atoms with van der Waals surface area (Å²) in [7, 11) is 0. The van der Waals surface area contributed by atoms with Crippen molar-refractivity contribution in [2.45, 2.75) is 13.0 Å². The monoisotopic (exact) mass is 304 g/mol. The lowest BCUT2D eigenvalue weighted by molar-refractivity contribution is 0.510. The van der Waals surface area contributed by atoms with Crippen molar-refractivity contribution in [3.05, 3.63) is 64.7 Å². The third-order valence-corrected chi connectivity index (χ3v) is 4.21. The van der Waals surface area contributed by atoms with Crippen LogP contribution in [0, 0.1) is 11.6 Å². The first-order chi connectivity index (χ1) is 10.2. The van der Waals surface area contributed by atoms with E-state index in [1.807, 2.05) is 24.4 Å². The van der Waals surface area contributed by atoms with Crippen LogP contribution in [0.3, 0.4) is 0 Å². The highest BCUT2D eigenvalue weighted by Crippen LogP contribution is 2.29. The van der Waals surface area contributed by atoms with Crippen molar-refractivity contribution in [2.75, 3.05) is 6.54 Å². The minimum atomic E-state index is -0.549. The maximum absolute atomic E-state index is 14.1. The van der Waals surface area contributed by atoms with E-state index in [0.29, 0.717) is 6.54 Å². The second-order valence-electron chi connectivity index (χ2n) is 4.70. The lowest BCUT2D eigenvalue weighted by atomic mass is 9.99. The highest BCUT2D eigenvalue weighted by Gasteiger charge is 2.21. The van der Waals surface area contributed by atoms with E-state index in [4.69, 9.17) is 0 Å². The Hall–Kier alpha value is -1.85. The van der Waals surface area contributed by atoms with Crippen LogP contribution in [0.5, 0.6) is 0 Å². The van der Waals surface area contributed by atoms with Crippen molar-refractivity contribution in [1.82, 2.24) is 10.3 Å². The predicted molar refractivity (Wildman–Crippen MR) is 81.5 cm³/mol. The highest BCUT2D eigenvalue weighted by molar-refractivity contribution is 7.17. The van der Waals surface area contributed by atoms with Crippen LogP contribution in [0.1, 0.15) is 24.1 Å². The molecule has 0 saturated heterocycles. The topological polar surface area (TPSA) is 24.9 Å². The second kappa shape index (κ2) is 5.87. The van der Waals surface area contributed by atoms with Gasteiger partial charge in [-0.2, -0.15) is 0 Å². The maximum atomic E-state index is 14.1. The van der Waals surface area contributed by atoms with E-state index in [-0.39, 0.29) is 5.56 Å². The standard InChI is InChI=1S/C16H14F2N2S/c1-2-19-16(15-11(17)4-3-5-12(15)18)10-8-14-13(20-9-10)6-7-21-14/h3-9,16,19H,2H2,1H3. The molecule has 108 valence electrons. The van der Waals surface area contributed by atoms with Gasteiger partial charge in [0.05, 0.1) is 16.3 Å². The Balaban J connectivity index is 2.12. The minimum absolute atomic E-state index is 0.0389. The molecule has 0 spiro atoms. The number of hydrogen-bond acceptors (Lipinski definition) is 3. The van der Waals surface area contributed by atoms with Crippen molar-refractivity contribution in [2.24, 2.45) is 0 Å². The van der Waals surface area contributed by atoms with Crippen molar-refractivity contribution in [1.29, 1.82) is 0 Å². The number of aromatic nitrogens is 1. The van der Waals surface area contributed by atoms with Gasteiger partial charge in [0.2, 0.25) is 0 Å². The van der Waals surface area contributed by atoms with Gasteiger partial charge >= 0.3 is 0 Å². The molecule has 0 amide bonds. The van der Waals surface area contributed by atoms with Gasteiger partial charge in [0, 0.05) is 11.8 Å². The zero-order chi connectivity index (χ0) is 14.8. The van der Waals surface area contributed by atoms with Crippen molar-refractivity contribution in [3.63, 3.8) is 0 Å². The summed E-state index contributed by atoms with van der Waals surface area (Å²) in [6.07, 6.45) is 1.67. The number of fused-ring (bicyclic) bond motifs is 1. The fraction of sp³-hybridized carbons (Fsp3) is 0.188. The first kappa shape index (κ1) is 14.1. The quantitative estimate of drug-likeness (QED) is 0.778. The van der Waals surface area contributed by atoms with E-state index < -0.39 is 17.7 Å². The number of nitrogens with one attached hydrogen (secondary N) is 1. The van der Waals surface area contributed by atoms with Crippen molar-refractivity contribution in [3.8, 4) is 0 Å². The SMILES string of the molecule is CCNC(c1cnc2ccsc2c1)c1c(F)cccc1F. The fourth-order valence-electron chi connectivity index (χ4n) is 2.40. The largest absolute Gasteiger partial charge is 0.306 e. The summed E-state index contributed by atoms with van der Waals surface area (Å²) in [5.74, 6) is -1.10. The van der Waals surface area contributed by atoms with Gasteiger partial charge < -0.3 is 5.32 Å². The molecule has 5 heteroatoms. The van der Waals surface area contributed by atoms with Crippen molar-refractivity contribution >= 4 is 21.6 Å². The molecule has 3 aromatic rings. The molecule has 0 bridgehead atoms. The van der Waals surface area contributed by atoms with Gasteiger partial charge in [0.15, 0.2) is 0 Å². The summed E-state index contributed by atoms with van der Waals surface area (Å²) in [5.41, 5.74) is 1.70. The Morgan fingerprint density at radius 2 is 2.00 bits per heavy atom. The molecule has 1 unspecified atom stereocenters. The maximum Gasteiger partial charge on any atom is 0.131 e. The van der Waals surface area contributed by atoms with E-state index in [1.54, 1.807) is 17.5 Å². The molecule has 1 atom stereocenters. The van der Waals surface area contributed by atoms with Crippen LogP contribution >= 0.6 is 11.3 Å². The van der Waals surface area contributed by atoms with Crippen LogP contribution < -0.4 is 5.32 Å². The molecular formula is C16H14F2N2S. The number of rotatable bonds is 4. The number of benzene rings is 1. The fourth-order valence-corrected chi connectivity index (χ4v) is 3.19. The summed E-state index contributed by atoms with van der Waals surface area (Å²) in [6.45, 7) is 2.50. The Bertz CT molecular complexity index is 750. The van der Waals surface area contributed by atoms with Gasteiger partial charge in [-0.15, -0.1) is 11.3 Å². The number of nitrogens with zero attached hydrogens (tertiary/aromatic N) is 1. The second-order valence-corrected chi connectivity index (χ2v) is 5.65. The molecule has 0 fully saturated rings. The average molecular weight is 304 g/mol. The predicted octanol–water partition coefficient (Wildman–Crippen LogP) is 4.27. The van der Waals surface area contributed by atoms with Crippen LogP contribution in [0.2, 0.25) is 0 Å². The molecule has 0 radical (unpaired) electrons. The molecule has 2 heterocycles. The van der Waals surface area contributed by atoms with Crippen molar-refractivity contribution < 1.29 is 8.78 Å². The van der Waals surface area contributed by atoms with E-state index in [2.05, 4.69) is 10.3 Å². The first-order valence-electron chi connectivity index (χ1n) is 6.71. The first-order valence-corrected chi connectivity index (χ1v) is 7.59. The highest BCUT2D eigenvalue weighted by atomic mass is 32.1.